The van der Waals surface area contributed by atoms with Gasteiger partial charge in [0, 0.05) is 12.6 Å². The van der Waals surface area contributed by atoms with E-state index >= 15 is 0 Å². The topological polar surface area (TPSA) is 86.8 Å². The Hall–Kier alpha value is -2.00. The fraction of sp³-hybridized carbons (Fsp3) is 0.462. The van der Waals surface area contributed by atoms with E-state index in [2.05, 4.69) is 5.32 Å². The van der Waals surface area contributed by atoms with Crippen molar-refractivity contribution >= 4 is 62.3 Å². The van der Waals surface area contributed by atoms with Crippen LogP contribution in [0.5, 0.6) is 0 Å². The van der Waals surface area contributed by atoms with E-state index in [1.54, 1.807) is 0 Å². The zero-order valence-electron chi connectivity index (χ0n) is 20.9. The average Bonchev–Trinajstić information content (AvgIpc) is 2.85. The van der Waals surface area contributed by atoms with Gasteiger partial charge in [0.05, 0.1) is 27.0 Å². The van der Waals surface area contributed by atoms with Crippen molar-refractivity contribution in [3.8, 4) is 0 Å². The van der Waals surface area contributed by atoms with Gasteiger partial charge >= 0.3 is 0 Å². The number of hydrogen-bond acceptors (Lipinski definition) is 4. The molecule has 0 radical (unpaired) electrons. The van der Waals surface area contributed by atoms with Crippen LogP contribution in [0.2, 0.25) is 15.1 Å². The first kappa shape index (κ1) is 29.6. The highest BCUT2D eigenvalue weighted by Crippen LogP contribution is 2.35. The molecule has 1 atom stereocenters. The molecule has 0 saturated heterocycles. The minimum Gasteiger partial charge on any atom is -0.352 e. The van der Waals surface area contributed by atoms with Gasteiger partial charge in [0.25, 0.3) is 0 Å². The second-order valence-electron chi connectivity index (χ2n) is 9.26. The number of carbonyl (C=O) groups excluding carboxylic acids is 2. The lowest BCUT2D eigenvalue weighted by molar-refractivity contribution is -0.140. The minimum atomic E-state index is -3.95. The number of anilines is 1. The molecule has 2 aromatic carbocycles. The van der Waals surface area contributed by atoms with Crippen molar-refractivity contribution in [2.45, 2.75) is 64.1 Å². The van der Waals surface area contributed by atoms with Crippen molar-refractivity contribution in [1.82, 2.24) is 10.2 Å². The monoisotopic (exact) mass is 587 g/mol. The molecule has 1 aliphatic rings. The Morgan fingerprint density at radius 1 is 1.00 bits per heavy atom. The van der Waals surface area contributed by atoms with Crippen LogP contribution < -0.4 is 9.62 Å². The molecule has 7 nitrogen and oxygen atoms in total. The molecular weight excluding hydrogens is 557 g/mol. The van der Waals surface area contributed by atoms with Crippen LogP contribution in [-0.2, 0) is 26.2 Å². The van der Waals surface area contributed by atoms with E-state index in [0.29, 0.717) is 6.42 Å². The first-order valence-electron chi connectivity index (χ1n) is 12.3. The number of halogens is 3. The zero-order valence-corrected chi connectivity index (χ0v) is 24.0. The van der Waals surface area contributed by atoms with Crippen molar-refractivity contribution in [2.24, 2.45) is 0 Å². The van der Waals surface area contributed by atoms with Gasteiger partial charge in [0.2, 0.25) is 21.8 Å². The maximum Gasteiger partial charge on any atom is 0.244 e. The fourth-order valence-electron chi connectivity index (χ4n) is 4.54. The highest BCUT2D eigenvalue weighted by Gasteiger charge is 2.33. The summed E-state index contributed by atoms with van der Waals surface area (Å²) in [6.45, 7) is 1.42. The maximum absolute atomic E-state index is 13.8. The Kier molecular flexibility index (Phi) is 10.5. The summed E-state index contributed by atoms with van der Waals surface area (Å²) in [7, 11) is -3.95. The van der Waals surface area contributed by atoms with Gasteiger partial charge in [0.1, 0.15) is 12.6 Å². The summed E-state index contributed by atoms with van der Waals surface area (Å²) in [4.78, 5) is 28.6. The molecule has 0 aliphatic heterocycles. The van der Waals surface area contributed by atoms with Gasteiger partial charge in [-0.3, -0.25) is 13.9 Å². The van der Waals surface area contributed by atoms with Crippen molar-refractivity contribution in [2.75, 3.05) is 17.1 Å². The van der Waals surface area contributed by atoms with Crippen LogP contribution in [-0.4, -0.2) is 50.0 Å². The molecule has 0 bridgehead atoms. The van der Waals surface area contributed by atoms with E-state index in [1.807, 2.05) is 37.3 Å². The largest absolute Gasteiger partial charge is 0.352 e. The molecule has 0 heterocycles. The lowest BCUT2D eigenvalue weighted by Gasteiger charge is -2.34. The molecule has 37 heavy (non-hydrogen) atoms. The number of nitrogens with zero attached hydrogens (tertiary/aromatic N) is 2. The SMILES string of the molecule is CCC(C(=O)NC1CCCCC1)N(Cc1ccccc1)C(=O)CN(c1cc(Cl)c(Cl)cc1Cl)S(C)(=O)=O. The van der Waals surface area contributed by atoms with Crippen LogP contribution in [0.15, 0.2) is 42.5 Å². The van der Waals surface area contributed by atoms with Gasteiger partial charge in [-0.25, -0.2) is 8.42 Å². The number of benzene rings is 2. The van der Waals surface area contributed by atoms with E-state index in [9.17, 15) is 18.0 Å². The maximum atomic E-state index is 13.8. The Bertz CT molecular complexity index is 1210. The first-order valence-corrected chi connectivity index (χ1v) is 15.3. The summed E-state index contributed by atoms with van der Waals surface area (Å²) >= 11 is 18.5. The van der Waals surface area contributed by atoms with Gasteiger partial charge < -0.3 is 10.2 Å². The Labute approximate surface area is 234 Å². The lowest BCUT2D eigenvalue weighted by Crippen LogP contribution is -2.54. The second-order valence-corrected chi connectivity index (χ2v) is 12.4. The summed E-state index contributed by atoms with van der Waals surface area (Å²) in [6.07, 6.45) is 6.43. The van der Waals surface area contributed by atoms with Gasteiger partial charge in [-0.15, -0.1) is 0 Å². The third kappa shape index (κ3) is 7.99. The molecular formula is C26H32Cl3N3O4S. The number of hydrogen-bond donors (Lipinski definition) is 1. The lowest BCUT2D eigenvalue weighted by atomic mass is 9.95. The molecule has 0 aromatic heterocycles. The van der Waals surface area contributed by atoms with Crippen LogP contribution in [0.1, 0.15) is 51.0 Å². The van der Waals surface area contributed by atoms with Crippen LogP contribution in [0.25, 0.3) is 0 Å². The summed E-state index contributed by atoms with van der Waals surface area (Å²) in [5.41, 5.74) is 0.851. The van der Waals surface area contributed by atoms with Gasteiger partial charge in [-0.05, 0) is 37.0 Å². The Balaban J connectivity index is 1.94. The third-order valence-corrected chi connectivity index (χ3v) is 8.62. The van der Waals surface area contributed by atoms with Crippen molar-refractivity contribution in [1.29, 1.82) is 0 Å². The van der Waals surface area contributed by atoms with Gasteiger partial charge in [-0.2, -0.15) is 0 Å². The van der Waals surface area contributed by atoms with E-state index in [1.165, 1.54) is 17.0 Å². The third-order valence-electron chi connectivity index (χ3n) is 6.47. The molecule has 0 spiro atoms. The molecule has 2 amide bonds. The molecule has 2 aromatic rings. The standard InChI is InChI=1S/C26H32Cl3N3O4S/c1-3-23(26(34)30-19-12-8-5-9-13-19)31(16-18-10-6-4-7-11-18)25(33)17-32(37(2,35)36)24-15-21(28)20(27)14-22(24)29/h4,6-7,10-11,14-15,19,23H,3,5,8-9,12-13,16-17H2,1-2H3,(H,30,34). The van der Waals surface area contributed by atoms with Crippen LogP contribution >= 0.6 is 34.8 Å². The van der Waals surface area contributed by atoms with Crippen molar-refractivity contribution in [3.63, 3.8) is 0 Å². The average molecular weight is 589 g/mol. The normalized spacial score (nSPS) is 15.2. The summed E-state index contributed by atoms with van der Waals surface area (Å²) in [5.74, 6) is -0.779. The van der Waals surface area contributed by atoms with Gasteiger partial charge in [0.15, 0.2) is 0 Å². The van der Waals surface area contributed by atoms with E-state index in [-0.39, 0.29) is 39.2 Å². The Morgan fingerprint density at radius 2 is 1.62 bits per heavy atom. The number of rotatable bonds is 10. The summed E-state index contributed by atoms with van der Waals surface area (Å²) in [5, 5.41) is 3.40. The quantitative estimate of drug-likeness (QED) is 0.363. The van der Waals surface area contributed by atoms with Crippen molar-refractivity contribution in [3.05, 3.63) is 63.1 Å². The van der Waals surface area contributed by atoms with E-state index < -0.39 is 28.5 Å². The fourth-order valence-corrected chi connectivity index (χ4v) is 6.09. The van der Waals surface area contributed by atoms with E-state index in [0.717, 1.165) is 48.2 Å². The smallest absolute Gasteiger partial charge is 0.244 e. The van der Waals surface area contributed by atoms with Crippen LogP contribution in [0.4, 0.5) is 5.69 Å². The highest BCUT2D eigenvalue weighted by molar-refractivity contribution is 7.92. The predicted octanol–water partition coefficient (Wildman–Crippen LogP) is 5.67. The van der Waals surface area contributed by atoms with E-state index in [4.69, 9.17) is 34.8 Å². The number of amides is 2. The highest BCUT2D eigenvalue weighted by atomic mass is 35.5. The molecule has 11 heteroatoms. The second kappa shape index (κ2) is 13.2. The van der Waals surface area contributed by atoms with Crippen molar-refractivity contribution < 1.29 is 18.0 Å². The Morgan fingerprint density at radius 3 is 2.22 bits per heavy atom. The van der Waals surface area contributed by atoms with Crippen LogP contribution in [0.3, 0.4) is 0 Å². The molecule has 1 unspecified atom stereocenters. The summed E-state index contributed by atoms with van der Waals surface area (Å²) in [6, 6.07) is 11.2. The first-order chi connectivity index (χ1) is 17.5. The molecule has 3 rings (SSSR count). The number of carbonyl (C=O) groups is 2. The minimum absolute atomic E-state index is 0.0318. The molecule has 1 N–H and O–H groups in total. The number of nitrogens with one attached hydrogen (secondary N) is 1. The molecule has 1 aliphatic carbocycles. The predicted molar refractivity (Wildman–Crippen MR) is 150 cm³/mol. The summed E-state index contributed by atoms with van der Waals surface area (Å²) < 4.78 is 26.4. The van der Waals surface area contributed by atoms with Crippen LogP contribution in [0, 0.1) is 0 Å². The zero-order chi connectivity index (χ0) is 27.2. The molecule has 1 saturated carbocycles. The molecule has 1 fully saturated rings. The molecule has 202 valence electrons. The van der Waals surface area contributed by atoms with Gasteiger partial charge in [-0.1, -0.05) is 91.3 Å². The number of sulfonamides is 1.